The van der Waals surface area contributed by atoms with E-state index in [4.69, 9.17) is 0 Å². The Morgan fingerprint density at radius 1 is 1.50 bits per heavy atom. The number of hydrogen-bond donors (Lipinski definition) is 1. The van der Waals surface area contributed by atoms with E-state index in [-0.39, 0.29) is 5.91 Å². The van der Waals surface area contributed by atoms with Crippen molar-refractivity contribution in [3.05, 3.63) is 36.2 Å². The standard InChI is InChI=1S/C9H8N2O/c12-9-3-1-2-7-6-10-5-4-8(7)11-9/h1,3-6H,2H2,(H,11,12). The van der Waals surface area contributed by atoms with E-state index in [2.05, 4.69) is 10.3 Å². The normalized spacial score (nSPS) is 14.8. The maximum atomic E-state index is 11.0. The third-order valence-electron chi connectivity index (χ3n) is 1.77. The fourth-order valence-electron chi connectivity index (χ4n) is 1.18. The SMILES string of the molecule is O=C1C=CCc2cnccc2N1. The van der Waals surface area contributed by atoms with Gasteiger partial charge in [-0.3, -0.25) is 9.78 Å². The number of carbonyl (C=O) groups excluding carboxylic acids is 1. The number of nitrogens with zero attached hydrogens (tertiary/aromatic N) is 1. The van der Waals surface area contributed by atoms with Gasteiger partial charge >= 0.3 is 0 Å². The van der Waals surface area contributed by atoms with Crippen molar-refractivity contribution < 1.29 is 4.79 Å². The molecule has 1 aliphatic rings. The van der Waals surface area contributed by atoms with E-state index in [1.807, 2.05) is 6.08 Å². The van der Waals surface area contributed by atoms with E-state index >= 15 is 0 Å². The van der Waals surface area contributed by atoms with Crippen molar-refractivity contribution in [2.45, 2.75) is 6.42 Å². The minimum absolute atomic E-state index is 0.0695. The van der Waals surface area contributed by atoms with Gasteiger partial charge < -0.3 is 5.32 Å². The number of anilines is 1. The third-order valence-corrected chi connectivity index (χ3v) is 1.77. The van der Waals surface area contributed by atoms with Crippen molar-refractivity contribution in [3.63, 3.8) is 0 Å². The van der Waals surface area contributed by atoms with E-state index in [1.165, 1.54) is 0 Å². The molecule has 1 aliphatic heterocycles. The van der Waals surface area contributed by atoms with E-state index < -0.39 is 0 Å². The number of rotatable bonds is 0. The van der Waals surface area contributed by atoms with E-state index in [0.29, 0.717) is 0 Å². The van der Waals surface area contributed by atoms with E-state index in [0.717, 1.165) is 17.7 Å². The highest BCUT2D eigenvalue weighted by molar-refractivity contribution is 6.00. The van der Waals surface area contributed by atoms with Crippen LogP contribution in [0.3, 0.4) is 0 Å². The first-order chi connectivity index (χ1) is 5.86. The molecule has 3 nitrogen and oxygen atoms in total. The molecule has 0 spiro atoms. The maximum absolute atomic E-state index is 11.0. The van der Waals surface area contributed by atoms with Crippen LogP contribution in [-0.2, 0) is 11.2 Å². The summed E-state index contributed by atoms with van der Waals surface area (Å²) >= 11 is 0. The van der Waals surface area contributed by atoms with Gasteiger partial charge in [0.25, 0.3) is 0 Å². The molecule has 1 aromatic heterocycles. The Balaban J connectivity index is 2.44. The topological polar surface area (TPSA) is 42.0 Å². The Labute approximate surface area is 70.1 Å². The average molecular weight is 160 g/mol. The average Bonchev–Trinajstić information content (AvgIpc) is 2.25. The molecule has 1 amide bonds. The zero-order valence-corrected chi connectivity index (χ0v) is 6.45. The molecule has 60 valence electrons. The summed E-state index contributed by atoms with van der Waals surface area (Å²) in [7, 11) is 0. The molecule has 0 saturated heterocycles. The van der Waals surface area contributed by atoms with Crippen molar-refractivity contribution in [1.82, 2.24) is 4.98 Å². The summed E-state index contributed by atoms with van der Waals surface area (Å²) in [6.45, 7) is 0. The summed E-state index contributed by atoms with van der Waals surface area (Å²) in [5.74, 6) is -0.0695. The summed E-state index contributed by atoms with van der Waals surface area (Å²) < 4.78 is 0. The summed E-state index contributed by atoms with van der Waals surface area (Å²) in [4.78, 5) is 15.0. The fraction of sp³-hybridized carbons (Fsp3) is 0.111. The Bertz CT molecular complexity index is 344. The van der Waals surface area contributed by atoms with Crippen molar-refractivity contribution >= 4 is 11.6 Å². The van der Waals surface area contributed by atoms with Crippen molar-refractivity contribution in [2.24, 2.45) is 0 Å². The van der Waals surface area contributed by atoms with E-state index in [1.54, 1.807) is 24.5 Å². The Morgan fingerprint density at radius 3 is 3.33 bits per heavy atom. The molecule has 1 aromatic rings. The Morgan fingerprint density at radius 2 is 2.42 bits per heavy atom. The first-order valence-electron chi connectivity index (χ1n) is 3.77. The van der Waals surface area contributed by atoms with Crippen LogP contribution in [0.5, 0.6) is 0 Å². The molecule has 1 N–H and O–H groups in total. The zero-order valence-electron chi connectivity index (χ0n) is 6.45. The van der Waals surface area contributed by atoms with Gasteiger partial charge in [0.1, 0.15) is 0 Å². The molecule has 3 heteroatoms. The minimum atomic E-state index is -0.0695. The number of nitrogens with one attached hydrogen (secondary N) is 1. The molecule has 2 rings (SSSR count). The zero-order chi connectivity index (χ0) is 8.39. The third kappa shape index (κ3) is 1.21. The number of allylic oxidation sites excluding steroid dienone is 1. The molecule has 0 unspecified atom stereocenters. The van der Waals surface area contributed by atoms with Gasteiger partial charge in [0.15, 0.2) is 0 Å². The number of fused-ring (bicyclic) bond motifs is 1. The quantitative estimate of drug-likeness (QED) is 0.618. The van der Waals surface area contributed by atoms with Crippen LogP contribution in [0.4, 0.5) is 5.69 Å². The first-order valence-corrected chi connectivity index (χ1v) is 3.77. The highest BCUT2D eigenvalue weighted by atomic mass is 16.1. The molecule has 0 aliphatic carbocycles. The van der Waals surface area contributed by atoms with Crippen LogP contribution < -0.4 is 5.32 Å². The second-order valence-electron chi connectivity index (χ2n) is 2.63. The molecule has 12 heavy (non-hydrogen) atoms. The van der Waals surface area contributed by atoms with Crippen LogP contribution in [-0.4, -0.2) is 10.9 Å². The molecular weight excluding hydrogens is 152 g/mol. The molecule has 0 atom stereocenters. The predicted molar refractivity (Wildman–Crippen MR) is 45.7 cm³/mol. The maximum Gasteiger partial charge on any atom is 0.248 e. The number of amides is 1. The van der Waals surface area contributed by atoms with Gasteiger partial charge in [-0.05, 0) is 24.1 Å². The van der Waals surface area contributed by atoms with Crippen LogP contribution in [0.2, 0.25) is 0 Å². The monoisotopic (exact) mass is 160 g/mol. The minimum Gasteiger partial charge on any atom is -0.322 e. The molecule has 2 heterocycles. The Hall–Kier alpha value is -1.64. The van der Waals surface area contributed by atoms with Crippen LogP contribution in [0.15, 0.2) is 30.6 Å². The lowest BCUT2D eigenvalue weighted by molar-refractivity contribution is -0.111. The lowest BCUT2D eigenvalue weighted by Gasteiger charge is -2.03. The van der Waals surface area contributed by atoms with Gasteiger partial charge in [0.2, 0.25) is 5.91 Å². The van der Waals surface area contributed by atoms with Gasteiger partial charge in [-0.15, -0.1) is 0 Å². The van der Waals surface area contributed by atoms with Crippen LogP contribution in [0, 0.1) is 0 Å². The van der Waals surface area contributed by atoms with Crippen LogP contribution in [0.1, 0.15) is 5.56 Å². The smallest absolute Gasteiger partial charge is 0.248 e. The van der Waals surface area contributed by atoms with Gasteiger partial charge in [-0.25, -0.2) is 0 Å². The molecular formula is C9H8N2O. The highest BCUT2D eigenvalue weighted by Crippen LogP contribution is 2.16. The molecule has 0 radical (unpaired) electrons. The number of pyridine rings is 1. The second kappa shape index (κ2) is 2.77. The van der Waals surface area contributed by atoms with Crippen molar-refractivity contribution in [3.8, 4) is 0 Å². The number of hydrogen-bond acceptors (Lipinski definition) is 2. The first kappa shape index (κ1) is 7.03. The van der Waals surface area contributed by atoms with Gasteiger partial charge in [-0.2, -0.15) is 0 Å². The van der Waals surface area contributed by atoms with Crippen LogP contribution in [0.25, 0.3) is 0 Å². The van der Waals surface area contributed by atoms with E-state index in [9.17, 15) is 4.79 Å². The summed E-state index contributed by atoms with van der Waals surface area (Å²) in [5.41, 5.74) is 1.92. The lowest BCUT2D eigenvalue weighted by Crippen LogP contribution is -2.07. The molecule has 0 saturated carbocycles. The largest absolute Gasteiger partial charge is 0.322 e. The van der Waals surface area contributed by atoms with Gasteiger partial charge in [0.05, 0.1) is 0 Å². The highest BCUT2D eigenvalue weighted by Gasteiger charge is 2.06. The lowest BCUT2D eigenvalue weighted by atomic mass is 10.2. The van der Waals surface area contributed by atoms with Crippen LogP contribution >= 0.6 is 0 Å². The van der Waals surface area contributed by atoms with Crippen molar-refractivity contribution in [1.29, 1.82) is 0 Å². The van der Waals surface area contributed by atoms with Gasteiger partial charge in [0, 0.05) is 18.1 Å². The summed E-state index contributed by atoms with van der Waals surface area (Å²) in [5, 5.41) is 2.76. The summed E-state index contributed by atoms with van der Waals surface area (Å²) in [6, 6.07) is 1.81. The second-order valence-corrected chi connectivity index (χ2v) is 2.63. The fourth-order valence-corrected chi connectivity index (χ4v) is 1.18. The van der Waals surface area contributed by atoms with Crippen molar-refractivity contribution in [2.75, 3.05) is 5.32 Å². The number of aromatic nitrogens is 1. The predicted octanol–water partition coefficient (Wildman–Crippen LogP) is 1.13. The Kier molecular flexibility index (Phi) is 1.63. The number of carbonyl (C=O) groups is 1. The molecule has 0 aromatic carbocycles. The molecule has 0 bridgehead atoms. The summed E-state index contributed by atoms with van der Waals surface area (Å²) in [6.07, 6.45) is 7.58. The molecule has 0 fully saturated rings. The van der Waals surface area contributed by atoms with Gasteiger partial charge in [-0.1, -0.05) is 6.08 Å².